The van der Waals surface area contributed by atoms with Crippen molar-refractivity contribution in [1.29, 1.82) is 0 Å². The van der Waals surface area contributed by atoms with Crippen LogP contribution in [0.25, 0.3) is 0 Å². The molecule has 2 rings (SSSR count). The largest absolute Gasteiger partial charge is 0.231 e. The minimum absolute atomic E-state index is 0.402. The Morgan fingerprint density at radius 1 is 1.05 bits per heavy atom. The predicted octanol–water partition coefficient (Wildman–Crippen LogP) is 4.95. The van der Waals surface area contributed by atoms with Crippen LogP contribution in [-0.2, 0) is 6.42 Å². The van der Waals surface area contributed by atoms with E-state index < -0.39 is 8.89 Å². The van der Waals surface area contributed by atoms with Crippen LogP contribution in [0.3, 0.4) is 0 Å². The Morgan fingerprint density at radius 3 is 2.10 bits per heavy atom. The summed E-state index contributed by atoms with van der Waals surface area (Å²) in [5.74, 6) is 0. The molecule has 1 fully saturated rings. The molecule has 0 amide bonds. The normalized spacial score (nSPS) is 20.9. The van der Waals surface area contributed by atoms with Crippen LogP contribution >= 0.6 is 8.89 Å². The molecule has 0 radical (unpaired) electrons. The van der Waals surface area contributed by atoms with E-state index in [9.17, 15) is 4.20 Å². The summed E-state index contributed by atoms with van der Waals surface area (Å²) in [7, 11) is -0.402. The second kappa shape index (κ2) is 6.18. The van der Waals surface area contributed by atoms with Gasteiger partial charge >= 0.3 is 0 Å². The molecule has 1 aromatic carbocycles. The van der Waals surface area contributed by atoms with Gasteiger partial charge in [-0.25, -0.2) is 4.20 Å². The SMILES string of the molecule is CC1(C)CB(c2ccc(CCCPF)cc2)CC1(C)C. The first-order valence-corrected chi connectivity index (χ1v) is 8.86. The van der Waals surface area contributed by atoms with E-state index >= 15 is 0 Å². The van der Waals surface area contributed by atoms with Gasteiger partial charge < -0.3 is 0 Å². The van der Waals surface area contributed by atoms with Crippen LogP contribution in [0.15, 0.2) is 24.3 Å². The Hall–Kier alpha value is -0.355. The molecule has 1 unspecified atom stereocenters. The Morgan fingerprint density at radius 2 is 1.60 bits per heavy atom. The first kappa shape index (κ1) is 16.0. The van der Waals surface area contributed by atoms with Crippen molar-refractivity contribution in [3.63, 3.8) is 0 Å². The molecule has 0 N–H and O–H groups in total. The molecule has 1 atom stereocenters. The number of benzene rings is 1. The van der Waals surface area contributed by atoms with Crippen molar-refractivity contribution >= 4 is 21.1 Å². The quantitative estimate of drug-likeness (QED) is 0.409. The second-order valence-corrected chi connectivity index (χ2v) is 8.37. The van der Waals surface area contributed by atoms with Gasteiger partial charge in [0.1, 0.15) is 0 Å². The van der Waals surface area contributed by atoms with E-state index in [0.717, 1.165) is 12.8 Å². The number of hydrogen-bond donors (Lipinski definition) is 0. The number of aryl methyl sites for hydroxylation is 1. The maximum Gasteiger partial charge on any atom is 0.176 e. The van der Waals surface area contributed by atoms with E-state index in [0.29, 0.717) is 23.7 Å². The van der Waals surface area contributed by atoms with E-state index in [4.69, 9.17) is 0 Å². The molecule has 0 saturated carbocycles. The highest BCUT2D eigenvalue weighted by atomic mass is 31.1. The number of halogens is 1. The summed E-state index contributed by atoms with van der Waals surface area (Å²) in [6, 6.07) is 9.09. The molecule has 1 heterocycles. The summed E-state index contributed by atoms with van der Waals surface area (Å²) in [6.45, 7) is 10.3. The zero-order valence-electron chi connectivity index (χ0n) is 13.3. The van der Waals surface area contributed by atoms with E-state index in [-0.39, 0.29) is 0 Å². The lowest BCUT2D eigenvalue weighted by molar-refractivity contribution is 0.177. The van der Waals surface area contributed by atoms with Gasteiger partial charge in [0.15, 0.2) is 6.71 Å². The highest BCUT2D eigenvalue weighted by Gasteiger charge is 2.47. The highest BCUT2D eigenvalue weighted by molar-refractivity contribution is 7.31. The molecular formula is C17H27BFP. The van der Waals surface area contributed by atoms with Crippen LogP contribution in [0, 0.1) is 10.8 Å². The molecule has 0 bridgehead atoms. The average molecular weight is 292 g/mol. The molecule has 110 valence electrons. The Bertz CT molecular complexity index is 423. The topological polar surface area (TPSA) is 0 Å². The van der Waals surface area contributed by atoms with Gasteiger partial charge in [-0.1, -0.05) is 70.1 Å². The lowest BCUT2D eigenvalue weighted by atomic mass is 9.42. The molecule has 0 spiro atoms. The van der Waals surface area contributed by atoms with Crippen LogP contribution < -0.4 is 5.46 Å². The van der Waals surface area contributed by atoms with E-state index in [1.165, 1.54) is 23.7 Å². The van der Waals surface area contributed by atoms with E-state index in [1.54, 1.807) is 0 Å². The third-order valence-electron chi connectivity index (χ3n) is 5.53. The molecule has 0 aromatic heterocycles. The summed E-state index contributed by atoms with van der Waals surface area (Å²) < 4.78 is 12.1. The molecule has 0 aliphatic carbocycles. The predicted molar refractivity (Wildman–Crippen MR) is 91.6 cm³/mol. The van der Waals surface area contributed by atoms with Gasteiger partial charge in [-0.2, -0.15) is 0 Å². The van der Waals surface area contributed by atoms with Crippen molar-refractivity contribution in [2.24, 2.45) is 10.8 Å². The Balaban J connectivity index is 2.01. The zero-order chi connectivity index (χ0) is 14.8. The van der Waals surface area contributed by atoms with Crippen LogP contribution in [0.1, 0.15) is 39.7 Å². The maximum absolute atomic E-state index is 12.1. The van der Waals surface area contributed by atoms with Crippen LogP contribution in [0.2, 0.25) is 12.6 Å². The van der Waals surface area contributed by atoms with Crippen LogP contribution in [0.5, 0.6) is 0 Å². The number of hydrogen-bond acceptors (Lipinski definition) is 0. The van der Waals surface area contributed by atoms with Crippen molar-refractivity contribution in [3.05, 3.63) is 29.8 Å². The molecule has 20 heavy (non-hydrogen) atoms. The highest BCUT2D eigenvalue weighted by Crippen LogP contribution is 2.52. The summed E-state index contributed by atoms with van der Waals surface area (Å²) in [6.07, 6.45) is 5.26. The van der Waals surface area contributed by atoms with E-state index in [1.807, 2.05) is 0 Å². The summed E-state index contributed by atoms with van der Waals surface area (Å²) in [5, 5.41) is 0. The van der Waals surface area contributed by atoms with Crippen molar-refractivity contribution < 1.29 is 4.20 Å². The summed E-state index contributed by atoms with van der Waals surface area (Å²) in [5.41, 5.74) is 3.67. The zero-order valence-corrected chi connectivity index (χ0v) is 14.3. The molecule has 1 aliphatic rings. The van der Waals surface area contributed by atoms with Crippen molar-refractivity contribution in [2.75, 3.05) is 6.16 Å². The van der Waals surface area contributed by atoms with Gasteiger partial charge in [-0.3, -0.25) is 0 Å². The second-order valence-electron chi connectivity index (χ2n) is 7.60. The lowest BCUT2D eigenvalue weighted by Gasteiger charge is -2.35. The molecule has 1 aliphatic heterocycles. The fraction of sp³-hybridized carbons (Fsp3) is 0.647. The van der Waals surface area contributed by atoms with Crippen molar-refractivity contribution in [2.45, 2.75) is 53.2 Å². The first-order chi connectivity index (χ1) is 9.36. The van der Waals surface area contributed by atoms with Crippen LogP contribution in [-0.4, -0.2) is 12.9 Å². The van der Waals surface area contributed by atoms with E-state index in [2.05, 4.69) is 52.0 Å². The lowest BCUT2D eigenvalue weighted by Crippen LogP contribution is -2.27. The van der Waals surface area contributed by atoms with Gasteiger partial charge in [0.2, 0.25) is 0 Å². The Kier molecular flexibility index (Phi) is 4.95. The minimum atomic E-state index is -0.402. The third-order valence-corrected chi connectivity index (χ3v) is 6.08. The monoisotopic (exact) mass is 292 g/mol. The van der Waals surface area contributed by atoms with Gasteiger partial charge in [-0.05, 0) is 35.4 Å². The average Bonchev–Trinajstić information content (AvgIpc) is 2.60. The Labute approximate surface area is 125 Å². The van der Waals surface area contributed by atoms with Gasteiger partial charge in [0, 0.05) is 0 Å². The third kappa shape index (κ3) is 3.45. The molecule has 0 nitrogen and oxygen atoms in total. The smallest absolute Gasteiger partial charge is 0.176 e. The summed E-state index contributed by atoms with van der Waals surface area (Å²) >= 11 is 0. The minimum Gasteiger partial charge on any atom is -0.231 e. The number of rotatable bonds is 5. The van der Waals surface area contributed by atoms with Gasteiger partial charge in [-0.15, -0.1) is 0 Å². The molecule has 1 aromatic rings. The fourth-order valence-electron chi connectivity index (χ4n) is 3.41. The van der Waals surface area contributed by atoms with Crippen molar-refractivity contribution in [3.8, 4) is 0 Å². The molecule has 1 saturated heterocycles. The molecular weight excluding hydrogens is 265 g/mol. The van der Waals surface area contributed by atoms with Crippen LogP contribution in [0.4, 0.5) is 4.20 Å². The molecule has 3 heteroatoms. The fourth-order valence-corrected chi connectivity index (χ4v) is 3.72. The van der Waals surface area contributed by atoms with Gasteiger partial charge in [0.25, 0.3) is 0 Å². The van der Waals surface area contributed by atoms with Gasteiger partial charge in [0.05, 0.1) is 8.89 Å². The standard InChI is InChI=1S/C17H27BFP/c1-16(2)12-18(13-17(16,3)4)15-9-7-14(8-10-15)6-5-11-20-19/h7-10,20H,5-6,11-13H2,1-4H3. The maximum atomic E-state index is 12.1. The first-order valence-electron chi connectivity index (χ1n) is 7.78. The van der Waals surface area contributed by atoms with Crippen molar-refractivity contribution in [1.82, 2.24) is 0 Å². The summed E-state index contributed by atoms with van der Waals surface area (Å²) in [4.78, 5) is 0.